The van der Waals surface area contributed by atoms with Gasteiger partial charge >= 0.3 is 0 Å². The Balaban J connectivity index is 2.29. The molecule has 1 rings (SSSR count). The highest BCUT2D eigenvalue weighted by Crippen LogP contribution is 2.03. The van der Waals surface area contributed by atoms with Crippen LogP contribution in [0.4, 0.5) is 0 Å². The van der Waals surface area contributed by atoms with Crippen LogP contribution in [0.25, 0.3) is 0 Å². The first-order valence-electron chi connectivity index (χ1n) is 4.65. The van der Waals surface area contributed by atoms with Gasteiger partial charge in [0.05, 0.1) is 0 Å². The SMILES string of the molecule is CC(C)(N)CC(=O)NCc1cc[nH]c1. The molecule has 0 saturated heterocycles. The summed E-state index contributed by atoms with van der Waals surface area (Å²) in [4.78, 5) is 14.3. The lowest BCUT2D eigenvalue weighted by Gasteiger charge is -2.17. The number of nitrogens with two attached hydrogens (primary N) is 1. The minimum absolute atomic E-state index is 0.0151. The summed E-state index contributed by atoms with van der Waals surface area (Å²) < 4.78 is 0. The summed E-state index contributed by atoms with van der Waals surface area (Å²) in [5, 5.41) is 2.80. The van der Waals surface area contributed by atoms with Crippen LogP contribution in [0.2, 0.25) is 0 Å². The van der Waals surface area contributed by atoms with Gasteiger partial charge < -0.3 is 16.0 Å². The average Bonchev–Trinajstić information content (AvgIpc) is 2.49. The second-order valence-corrected chi connectivity index (χ2v) is 4.16. The van der Waals surface area contributed by atoms with Crippen LogP contribution in [0.3, 0.4) is 0 Å². The lowest BCUT2D eigenvalue weighted by molar-refractivity contribution is -0.122. The van der Waals surface area contributed by atoms with E-state index < -0.39 is 5.54 Å². The first-order chi connectivity index (χ1) is 6.47. The molecule has 0 spiro atoms. The molecular weight excluding hydrogens is 178 g/mol. The third kappa shape index (κ3) is 4.09. The summed E-state index contributed by atoms with van der Waals surface area (Å²) in [5.74, 6) is -0.0151. The van der Waals surface area contributed by atoms with Gasteiger partial charge in [-0.2, -0.15) is 0 Å². The van der Waals surface area contributed by atoms with E-state index in [4.69, 9.17) is 5.73 Å². The van der Waals surface area contributed by atoms with Crippen LogP contribution >= 0.6 is 0 Å². The molecule has 0 unspecified atom stereocenters. The summed E-state index contributed by atoms with van der Waals surface area (Å²) >= 11 is 0. The third-order valence-electron chi connectivity index (χ3n) is 1.77. The van der Waals surface area contributed by atoms with Crippen molar-refractivity contribution in [2.24, 2.45) is 5.73 Å². The van der Waals surface area contributed by atoms with E-state index in [2.05, 4.69) is 10.3 Å². The van der Waals surface area contributed by atoms with E-state index in [9.17, 15) is 4.79 Å². The Kier molecular flexibility index (Phi) is 3.30. The molecular formula is C10H17N3O. The standard InChI is InChI=1S/C10H17N3O/c1-10(2,11)5-9(14)13-7-8-3-4-12-6-8/h3-4,6,12H,5,7,11H2,1-2H3,(H,13,14). The van der Waals surface area contributed by atoms with Gasteiger partial charge in [0, 0.05) is 30.9 Å². The van der Waals surface area contributed by atoms with E-state index in [0.717, 1.165) is 5.56 Å². The van der Waals surface area contributed by atoms with Crippen LogP contribution in [-0.2, 0) is 11.3 Å². The van der Waals surface area contributed by atoms with Crippen molar-refractivity contribution in [2.75, 3.05) is 0 Å². The van der Waals surface area contributed by atoms with Gasteiger partial charge in [0.2, 0.25) is 5.91 Å². The van der Waals surface area contributed by atoms with E-state index in [1.807, 2.05) is 32.3 Å². The third-order valence-corrected chi connectivity index (χ3v) is 1.77. The van der Waals surface area contributed by atoms with Crippen LogP contribution in [0.15, 0.2) is 18.5 Å². The van der Waals surface area contributed by atoms with E-state index in [0.29, 0.717) is 13.0 Å². The number of rotatable bonds is 4. The van der Waals surface area contributed by atoms with E-state index in [-0.39, 0.29) is 5.91 Å². The van der Waals surface area contributed by atoms with Gasteiger partial charge in [-0.25, -0.2) is 0 Å². The van der Waals surface area contributed by atoms with Crippen molar-refractivity contribution >= 4 is 5.91 Å². The van der Waals surface area contributed by atoms with Crippen LogP contribution in [0.1, 0.15) is 25.8 Å². The Labute approximate surface area is 83.9 Å². The average molecular weight is 195 g/mol. The zero-order valence-corrected chi connectivity index (χ0v) is 8.63. The molecule has 0 aliphatic rings. The fourth-order valence-electron chi connectivity index (χ4n) is 1.15. The predicted molar refractivity (Wildman–Crippen MR) is 55.5 cm³/mol. The van der Waals surface area contributed by atoms with Gasteiger partial charge in [0.25, 0.3) is 0 Å². The number of aromatic amines is 1. The quantitative estimate of drug-likeness (QED) is 0.663. The van der Waals surface area contributed by atoms with Crippen molar-refractivity contribution in [1.82, 2.24) is 10.3 Å². The Morgan fingerprint density at radius 2 is 2.36 bits per heavy atom. The zero-order valence-electron chi connectivity index (χ0n) is 8.63. The lowest BCUT2D eigenvalue weighted by atomic mass is 10.0. The van der Waals surface area contributed by atoms with Gasteiger partial charge in [-0.1, -0.05) is 0 Å². The van der Waals surface area contributed by atoms with E-state index >= 15 is 0 Å². The van der Waals surface area contributed by atoms with E-state index in [1.54, 1.807) is 0 Å². The minimum Gasteiger partial charge on any atom is -0.367 e. The molecule has 0 saturated carbocycles. The molecule has 1 heterocycles. The molecule has 14 heavy (non-hydrogen) atoms. The smallest absolute Gasteiger partial charge is 0.222 e. The van der Waals surface area contributed by atoms with Gasteiger partial charge in [0.15, 0.2) is 0 Å². The summed E-state index contributed by atoms with van der Waals surface area (Å²) in [6, 6.07) is 1.92. The molecule has 4 N–H and O–H groups in total. The van der Waals surface area contributed by atoms with Crippen molar-refractivity contribution in [3.63, 3.8) is 0 Å². The van der Waals surface area contributed by atoms with Crippen LogP contribution in [0, 0.1) is 0 Å². The van der Waals surface area contributed by atoms with Gasteiger partial charge in [-0.05, 0) is 25.5 Å². The van der Waals surface area contributed by atoms with Gasteiger partial charge in [-0.15, -0.1) is 0 Å². The summed E-state index contributed by atoms with van der Waals surface area (Å²) in [6.07, 6.45) is 4.03. The molecule has 1 aromatic rings. The molecule has 0 bridgehead atoms. The highest BCUT2D eigenvalue weighted by Gasteiger charge is 2.15. The molecule has 0 aliphatic carbocycles. The Morgan fingerprint density at radius 1 is 1.64 bits per heavy atom. The number of hydrogen-bond acceptors (Lipinski definition) is 2. The van der Waals surface area contributed by atoms with Crippen LogP contribution in [0.5, 0.6) is 0 Å². The minimum atomic E-state index is -0.442. The summed E-state index contributed by atoms with van der Waals surface area (Å²) in [7, 11) is 0. The molecule has 78 valence electrons. The number of aromatic nitrogens is 1. The van der Waals surface area contributed by atoms with Gasteiger partial charge in [0.1, 0.15) is 0 Å². The number of H-pyrrole nitrogens is 1. The normalized spacial score (nSPS) is 11.4. The molecule has 4 nitrogen and oxygen atoms in total. The zero-order chi connectivity index (χ0) is 10.6. The maximum Gasteiger partial charge on any atom is 0.222 e. The largest absolute Gasteiger partial charge is 0.367 e. The molecule has 0 aromatic carbocycles. The lowest BCUT2D eigenvalue weighted by Crippen LogP contribution is -2.38. The Morgan fingerprint density at radius 3 is 2.86 bits per heavy atom. The fraction of sp³-hybridized carbons (Fsp3) is 0.500. The topological polar surface area (TPSA) is 70.9 Å². The summed E-state index contributed by atoms with van der Waals surface area (Å²) in [5.41, 5.74) is 6.34. The monoisotopic (exact) mass is 195 g/mol. The number of amides is 1. The highest BCUT2D eigenvalue weighted by atomic mass is 16.1. The van der Waals surface area contributed by atoms with Crippen molar-refractivity contribution in [2.45, 2.75) is 32.4 Å². The molecule has 0 radical (unpaired) electrons. The highest BCUT2D eigenvalue weighted by molar-refractivity contribution is 5.77. The Hall–Kier alpha value is -1.29. The maximum atomic E-state index is 11.4. The fourth-order valence-corrected chi connectivity index (χ4v) is 1.15. The number of carbonyl (C=O) groups is 1. The molecule has 0 fully saturated rings. The second kappa shape index (κ2) is 4.28. The molecule has 1 aromatic heterocycles. The molecule has 4 heteroatoms. The molecule has 0 atom stereocenters. The van der Waals surface area contributed by atoms with Crippen molar-refractivity contribution in [1.29, 1.82) is 0 Å². The number of nitrogens with one attached hydrogen (secondary N) is 2. The van der Waals surface area contributed by atoms with Gasteiger partial charge in [-0.3, -0.25) is 4.79 Å². The van der Waals surface area contributed by atoms with Crippen molar-refractivity contribution < 1.29 is 4.79 Å². The Bertz CT molecular complexity index is 285. The first kappa shape index (κ1) is 10.8. The van der Waals surface area contributed by atoms with Crippen LogP contribution < -0.4 is 11.1 Å². The number of carbonyl (C=O) groups excluding carboxylic acids is 1. The number of hydrogen-bond donors (Lipinski definition) is 3. The van der Waals surface area contributed by atoms with Crippen LogP contribution in [-0.4, -0.2) is 16.4 Å². The summed E-state index contributed by atoms with van der Waals surface area (Å²) in [6.45, 7) is 4.23. The first-order valence-corrected chi connectivity index (χ1v) is 4.65. The van der Waals surface area contributed by atoms with E-state index in [1.165, 1.54) is 0 Å². The molecule has 1 amide bonds. The van der Waals surface area contributed by atoms with Crippen molar-refractivity contribution in [3.05, 3.63) is 24.0 Å². The predicted octanol–water partition coefficient (Wildman–Crippen LogP) is 0.758. The second-order valence-electron chi connectivity index (χ2n) is 4.16. The molecule has 0 aliphatic heterocycles. The maximum absolute atomic E-state index is 11.4. The van der Waals surface area contributed by atoms with Crippen molar-refractivity contribution in [3.8, 4) is 0 Å².